The molecule has 8 nitrogen and oxygen atoms in total. The van der Waals surface area contributed by atoms with Crippen LogP contribution in [0.1, 0.15) is 31.4 Å². The summed E-state index contributed by atoms with van der Waals surface area (Å²) in [5.41, 5.74) is -8.26. The van der Waals surface area contributed by atoms with Gasteiger partial charge in [-0.3, -0.25) is 9.59 Å². The molecular weight excluding hydrogens is 409 g/mol. The van der Waals surface area contributed by atoms with Crippen LogP contribution in [0.25, 0.3) is 0 Å². The fraction of sp³-hybridized carbons (Fsp3) is 0.474. The van der Waals surface area contributed by atoms with E-state index in [0.29, 0.717) is 11.0 Å². The number of benzene rings is 1. The lowest BCUT2D eigenvalue weighted by atomic mass is 9.61. The minimum Gasteiger partial charge on any atom is -0.479 e. The maximum Gasteiger partial charge on any atom is 0.417 e. The number of hydrogen-bond acceptors (Lipinski definition) is 6. The minimum absolute atomic E-state index is 0.392. The van der Waals surface area contributed by atoms with Gasteiger partial charge in [0.25, 0.3) is 0 Å². The number of halogens is 3. The number of fused-ring (bicyclic) bond motifs is 5. The monoisotopic (exact) mass is 424 g/mol. The van der Waals surface area contributed by atoms with Gasteiger partial charge in [0.15, 0.2) is 5.60 Å². The van der Waals surface area contributed by atoms with Crippen LogP contribution in [0.4, 0.5) is 18.9 Å². The number of aliphatic hydroxyl groups is 1. The van der Waals surface area contributed by atoms with Crippen LogP contribution in [0.15, 0.2) is 18.2 Å². The molecule has 1 aromatic rings. The maximum atomic E-state index is 13.3. The summed E-state index contributed by atoms with van der Waals surface area (Å²) in [6, 6.07) is 3.85. The van der Waals surface area contributed by atoms with Gasteiger partial charge in [-0.1, -0.05) is 0 Å². The smallest absolute Gasteiger partial charge is 0.417 e. The van der Waals surface area contributed by atoms with E-state index in [1.54, 1.807) is 0 Å². The highest BCUT2D eigenvalue weighted by atomic mass is 19.4. The molecule has 3 saturated heterocycles. The molecule has 0 radical (unpaired) electrons. The molecule has 1 aromatic carbocycles. The summed E-state index contributed by atoms with van der Waals surface area (Å²) < 4.78 is 45.7. The number of carbonyl (C=O) groups is 3. The molecule has 2 amide bonds. The van der Waals surface area contributed by atoms with Crippen LogP contribution in [-0.2, 0) is 25.3 Å². The predicted octanol–water partition coefficient (Wildman–Crippen LogP) is 1.45. The summed E-state index contributed by atoms with van der Waals surface area (Å²) in [6.07, 6.45) is -5.35. The van der Waals surface area contributed by atoms with Gasteiger partial charge in [0.1, 0.15) is 5.60 Å². The van der Waals surface area contributed by atoms with E-state index in [1.165, 1.54) is 19.9 Å². The van der Waals surface area contributed by atoms with E-state index >= 15 is 0 Å². The van der Waals surface area contributed by atoms with E-state index < -0.39 is 75.8 Å². The number of amides is 2. The largest absolute Gasteiger partial charge is 0.479 e. The second-order valence-corrected chi connectivity index (χ2v) is 8.17. The van der Waals surface area contributed by atoms with Crippen molar-refractivity contribution in [1.29, 1.82) is 5.26 Å². The molecule has 5 atom stereocenters. The van der Waals surface area contributed by atoms with E-state index in [4.69, 9.17) is 10.00 Å². The van der Waals surface area contributed by atoms with Crippen molar-refractivity contribution >= 4 is 23.5 Å². The molecule has 158 valence electrons. The summed E-state index contributed by atoms with van der Waals surface area (Å²) in [4.78, 5) is 38.5. The van der Waals surface area contributed by atoms with Crippen molar-refractivity contribution in [2.45, 2.75) is 43.2 Å². The predicted molar refractivity (Wildman–Crippen MR) is 90.7 cm³/mol. The van der Waals surface area contributed by atoms with Gasteiger partial charge in [-0.25, -0.2) is 9.69 Å². The lowest BCUT2D eigenvalue weighted by Gasteiger charge is -2.39. The number of ether oxygens (including phenoxy) is 1. The molecule has 11 heteroatoms. The lowest BCUT2D eigenvalue weighted by Crippen LogP contribution is -2.62. The summed E-state index contributed by atoms with van der Waals surface area (Å²) >= 11 is 0. The van der Waals surface area contributed by atoms with Crippen molar-refractivity contribution in [3.05, 3.63) is 29.3 Å². The number of hydrogen-bond donors (Lipinski definition) is 2. The normalized spacial score (nSPS) is 37.4. The molecule has 3 heterocycles. The average molecular weight is 424 g/mol. The van der Waals surface area contributed by atoms with Crippen LogP contribution < -0.4 is 4.90 Å². The Labute approximate surface area is 167 Å². The van der Waals surface area contributed by atoms with E-state index in [2.05, 4.69) is 0 Å². The third-order valence-corrected chi connectivity index (χ3v) is 6.47. The van der Waals surface area contributed by atoms with Gasteiger partial charge in [0, 0.05) is 6.42 Å². The fourth-order valence-corrected chi connectivity index (χ4v) is 5.17. The lowest BCUT2D eigenvalue weighted by molar-refractivity contribution is -0.182. The van der Waals surface area contributed by atoms with Gasteiger partial charge in [0.05, 0.1) is 40.3 Å². The van der Waals surface area contributed by atoms with Crippen molar-refractivity contribution in [2.24, 2.45) is 11.8 Å². The number of carbonyl (C=O) groups excluding carboxylic acids is 2. The Morgan fingerprint density at radius 2 is 1.87 bits per heavy atom. The second-order valence-electron chi connectivity index (χ2n) is 8.17. The van der Waals surface area contributed by atoms with E-state index in [9.17, 15) is 37.8 Å². The van der Waals surface area contributed by atoms with Crippen LogP contribution in [0, 0.1) is 23.2 Å². The highest BCUT2D eigenvalue weighted by Crippen LogP contribution is 2.64. The molecule has 3 aliphatic rings. The highest BCUT2D eigenvalue weighted by molar-refractivity contribution is 6.23. The molecule has 2 N–H and O–H groups in total. The molecule has 0 saturated carbocycles. The first-order valence-corrected chi connectivity index (χ1v) is 8.86. The van der Waals surface area contributed by atoms with Gasteiger partial charge in [-0.2, -0.15) is 18.4 Å². The van der Waals surface area contributed by atoms with Crippen LogP contribution in [0.5, 0.6) is 0 Å². The Balaban J connectivity index is 1.83. The van der Waals surface area contributed by atoms with Crippen LogP contribution in [0.2, 0.25) is 0 Å². The van der Waals surface area contributed by atoms with Gasteiger partial charge in [-0.05, 0) is 32.0 Å². The molecule has 0 aliphatic carbocycles. The van der Waals surface area contributed by atoms with Crippen molar-refractivity contribution in [3.63, 3.8) is 0 Å². The SMILES string of the molecule is CC12C[C@@](O)(C(=O)O)C(C)(O1)[C@@H]1C(=O)N(c3ccc(C#N)c(C(F)(F)F)c3)C(=O)[C@@H]12. The van der Waals surface area contributed by atoms with Crippen LogP contribution in [0.3, 0.4) is 0 Å². The number of nitrogens with zero attached hydrogens (tertiary/aromatic N) is 2. The number of anilines is 1. The van der Waals surface area contributed by atoms with E-state index in [-0.39, 0.29) is 0 Å². The number of imide groups is 1. The minimum atomic E-state index is -4.90. The third kappa shape index (κ3) is 2.20. The molecule has 30 heavy (non-hydrogen) atoms. The Morgan fingerprint density at radius 3 is 2.40 bits per heavy atom. The number of rotatable bonds is 2. The molecule has 4 rings (SSSR count). The number of carboxylic acids is 1. The van der Waals surface area contributed by atoms with Gasteiger partial charge in [-0.15, -0.1) is 0 Å². The Bertz CT molecular complexity index is 1070. The summed E-state index contributed by atoms with van der Waals surface area (Å²) in [5.74, 6) is -5.99. The standard InChI is InChI=1S/C19H15F3N2O6/c1-16-7-18(29,15(27)28)17(2,30-16)12-11(16)13(25)24(14(12)26)9-4-3-8(6-23)10(5-9)19(20,21)22/h3-5,11-12,29H,7H2,1-2H3,(H,27,28)/t11-,12+,16?,17?,18-/m1/s1. The van der Waals surface area contributed by atoms with E-state index in [0.717, 1.165) is 12.1 Å². The first kappa shape index (κ1) is 20.3. The van der Waals surface area contributed by atoms with Crippen molar-refractivity contribution < 1.29 is 42.5 Å². The second kappa shape index (κ2) is 5.59. The summed E-state index contributed by atoms with van der Waals surface area (Å²) in [6.45, 7) is 2.61. The maximum absolute atomic E-state index is 13.3. The number of aliphatic carboxylic acids is 1. The quantitative estimate of drug-likeness (QED) is 0.688. The molecule has 2 unspecified atom stereocenters. The molecule has 0 aromatic heterocycles. The topological polar surface area (TPSA) is 128 Å². The van der Waals surface area contributed by atoms with Crippen LogP contribution in [-0.4, -0.2) is 44.8 Å². The summed E-state index contributed by atoms with van der Waals surface area (Å²) in [7, 11) is 0. The molecule has 0 spiro atoms. The molecular formula is C19H15F3N2O6. The highest BCUT2D eigenvalue weighted by Gasteiger charge is 2.82. The fourth-order valence-electron chi connectivity index (χ4n) is 5.17. The zero-order chi connectivity index (χ0) is 22.4. The van der Waals surface area contributed by atoms with E-state index in [1.807, 2.05) is 0 Å². The average Bonchev–Trinajstić information content (AvgIpc) is 3.13. The zero-order valence-corrected chi connectivity index (χ0v) is 15.6. The first-order valence-electron chi connectivity index (χ1n) is 8.86. The number of alkyl halides is 3. The Hall–Kier alpha value is -2.97. The first-order chi connectivity index (χ1) is 13.7. The van der Waals surface area contributed by atoms with Gasteiger partial charge in [0.2, 0.25) is 11.8 Å². The summed E-state index contributed by atoms with van der Waals surface area (Å²) in [5, 5.41) is 29.2. The molecule has 3 fully saturated rings. The Kier molecular flexibility index (Phi) is 3.78. The number of carboxylic acid groups (broad SMARTS) is 1. The van der Waals surface area contributed by atoms with Gasteiger partial charge < -0.3 is 14.9 Å². The molecule has 2 bridgehead atoms. The Morgan fingerprint density at radius 1 is 1.27 bits per heavy atom. The zero-order valence-electron chi connectivity index (χ0n) is 15.6. The van der Waals surface area contributed by atoms with Crippen molar-refractivity contribution in [1.82, 2.24) is 0 Å². The van der Waals surface area contributed by atoms with Gasteiger partial charge >= 0.3 is 12.1 Å². The molecule has 3 aliphatic heterocycles. The van der Waals surface area contributed by atoms with Crippen LogP contribution >= 0.6 is 0 Å². The number of nitriles is 1. The van der Waals surface area contributed by atoms with Crippen molar-refractivity contribution in [2.75, 3.05) is 4.90 Å². The third-order valence-electron chi connectivity index (χ3n) is 6.47. The van der Waals surface area contributed by atoms with Crippen molar-refractivity contribution in [3.8, 4) is 6.07 Å².